The van der Waals surface area contributed by atoms with Gasteiger partial charge < -0.3 is 10.3 Å². The lowest BCUT2D eigenvalue weighted by Crippen LogP contribution is -2.49. The molecular formula is C16H17BrN2O. The smallest absolute Gasteiger partial charge is 0.254 e. The number of aryl methyl sites for hydroxylation is 1. The summed E-state index contributed by atoms with van der Waals surface area (Å²) in [5, 5.41) is 3.07. The van der Waals surface area contributed by atoms with Crippen LogP contribution in [0.4, 0.5) is 0 Å². The Bertz CT molecular complexity index is 683. The average molecular weight is 333 g/mol. The molecule has 0 saturated heterocycles. The Hall–Kier alpha value is -1.55. The number of aromatic nitrogens is 1. The molecule has 1 aromatic carbocycles. The quantitative estimate of drug-likeness (QED) is 0.819. The fourth-order valence-corrected chi connectivity index (χ4v) is 3.42. The van der Waals surface area contributed by atoms with Crippen molar-refractivity contribution in [2.75, 3.05) is 0 Å². The normalized spacial score (nSPS) is 16.7. The fourth-order valence-electron chi connectivity index (χ4n) is 2.75. The average Bonchev–Trinajstić information content (AvgIpc) is 2.65. The lowest BCUT2D eigenvalue weighted by Gasteiger charge is -2.30. The van der Waals surface area contributed by atoms with Crippen LogP contribution in [-0.4, -0.2) is 16.4 Å². The highest BCUT2D eigenvalue weighted by Crippen LogP contribution is 2.37. The molecule has 3 nitrogen and oxygen atoms in total. The minimum atomic E-state index is -0.209. The molecule has 0 bridgehead atoms. The van der Waals surface area contributed by atoms with Crippen LogP contribution in [0.3, 0.4) is 0 Å². The minimum Gasteiger partial charge on any atom is -0.352 e. The summed E-state index contributed by atoms with van der Waals surface area (Å²) in [5.41, 5.74) is 4.77. The molecule has 0 radical (unpaired) electrons. The first-order valence-corrected chi connectivity index (χ1v) is 7.46. The summed E-state index contributed by atoms with van der Waals surface area (Å²) < 4.78 is 0.874. The molecule has 0 aliphatic carbocycles. The molecule has 2 N–H and O–H groups in total. The van der Waals surface area contributed by atoms with Crippen molar-refractivity contribution in [1.29, 1.82) is 0 Å². The zero-order chi connectivity index (χ0) is 14.5. The Kier molecular flexibility index (Phi) is 3.01. The van der Waals surface area contributed by atoms with Crippen molar-refractivity contribution in [1.82, 2.24) is 10.3 Å². The number of halogens is 1. The highest BCUT2D eigenvalue weighted by Gasteiger charge is 2.34. The highest BCUT2D eigenvalue weighted by atomic mass is 79.9. The van der Waals surface area contributed by atoms with Gasteiger partial charge in [0.25, 0.3) is 5.91 Å². The molecule has 2 heterocycles. The summed E-state index contributed by atoms with van der Waals surface area (Å²) >= 11 is 3.56. The molecule has 1 aliphatic rings. The number of amides is 1. The Labute approximate surface area is 126 Å². The lowest BCUT2D eigenvalue weighted by molar-refractivity contribution is 0.0897. The molecule has 0 unspecified atom stereocenters. The van der Waals surface area contributed by atoms with E-state index in [9.17, 15) is 4.79 Å². The molecule has 1 amide bonds. The third kappa shape index (κ3) is 2.18. The van der Waals surface area contributed by atoms with Crippen LogP contribution in [0.5, 0.6) is 0 Å². The van der Waals surface area contributed by atoms with Crippen LogP contribution in [0.25, 0.3) is 11.1 Å². The Morgan fingerprint density at radius 2 is 1.80 bits per heavy atom. The maximum absolute atomic E-state index is 12.4. The summed E-state index contributed by atoms with van der Waals surface area (Å²) in [6, 6.07) is 8.23. The van der Waals surface area contributed by atoms with Gasteiger partial charge in [0.2, 0.25) is 0 Å². The van der Waals surface area contributed by atoms with Gasteiger partial charge in [0.15, 0.2) is 0 Å². The van der Waals surface area contributed by atoms with Crippen LogP contribution >= 0.6 is 15.9 Å². The Morgan fingerprint density at radius 1 is 1.15 bits per heavy atom. The highest BCUT2D eigenvalue weighted by molar-refractivity contribution is 9.10. The van der Waals surface area contributed by atoms with E-state index in [1.807, 2.05) is 13.8 Å². The Morgan fingerprint density at radius 3 is 2.45 bits per heavy atom. The van der Waals surface area contributed by atoms with E-state index in [1.165, 1.54) is 5.56 Å². The summed E-state index contributed by atoms with van der Waals surface area (Å²) in [4.78, 5) is 15.7. The number of hydrogen-bond donors (Lipinski definition) is 2. The van der Waals surface area contributed by atoms with Crippen molar-refractivity contribution in [2.45, 2.75) is 32.7 Å². The maximum atomic E-state index is 12.4. The number of rotatable bonds is 1. The van der Waals surface area contributed by atoms with Crippen LogP contribution in [0.15, 0.2) is 28.9 Å². The standard InChI is InChI=1S/C16H17BrN2O/c1-9-4-6-10(7-5-9)12-13-11(18-14(12)17)8-16(2,3)19-15(13)20/h4-7,18H,8H2,1-3H3,(H,19,20). The molecule has 4 heteroatoms. The van der Waals surface area contributed by atoms with Gasteiger partial charge in [0, 0.05) is 23.2 Å². The minimum absolute atomic E-state index is 0.00576. The van der Waals surface area contributed by atoms with Crippen molar-refractivity contribution >= 4 is 21.8 Å². The largest absolute Gasteiger partial charge is 0.352 e. The first-order chi connectivity index (χ1) is 9.37. The van der Waals surface area contributed by atoms with Gasteiger partial charge in [0.05, 0.1) is 10.2 Å². The third-order valence-corrected chi connectivity index (χ3v) is 4.26. The zero-order valence-corrected chi connectivity index (χ0v) is 13.4. The van der Waals surface area contributed by atoms with E-state index in [0.717, 1.165) is 33.4 Å². The van der Waals surface area contributed by atoms with E-state index in [4.69, 9.17) is 0 Å². The monoisotopic (exact) mass is 332 g/mol. The number of fused-ring (bicyclic) bond motifs is 1. The fraction of sp³-hybridized carbons (Fsp3) is 0.312. The molecule has 2 aromatic rings. The van der Waals surface area contributed by atoms with Gasteiger partial charge in [-0.3, -0.25) is 4.79 Å². The summed E-state index contributed by atoms with van der Waals surface area (Å²) in [6.07, 6.45) is 0.804. The molecule has 20 heavy (non-hydrogen) atoms. The van der Waals surface area contributed by atoms with Gasteiger partial charge in [-0.05, 0) is 42.3 Å². The number of hydrogen-bond acceptors (Lipinski definition) is 1. The van der Waals surface area contributed by atoms with Crippen molar-refractivity contribution < 1.29 is 4.79 Å². The molecule has 1 aliphatic heterocycles. The van der Waals surface area contributed by atoms with E-state index < -0.39 is 0 Å². The van der Waals surface area contributed by atoms with E-state index in [2.05, 4.69) is 57.4 Å². The van der Waals surface area contributed by atoms with E-state index >= 15 is 0 Å². The van der Waals surface area contributed by atoms with Crippen LogP contribution in [0.1, 0.15) is 35.5 Å². The summed E-state index contributed by atoms with van der Waals surface area (Å²) in [7, 11) is 0. The van der Waals surface area contributed by atoms with Crippen molar-refractivity contribution in [3.63, 3.8) is 0 Å². The predicted molar refractivity (Wildman–Crippen MR) is 83.9 cm³/mol. The lowest BCUT2D eigenvalue weighted by atomic mass is 9.89. The summed E-state index contributed by atoms with van der Waals surface area (Å²) in [5.74, 6) is -0.00576. The van der Waals surface area contributed by atoms with Gasteiger partial charge >= 0.3 is 0 Å². The van der Waals surface area contributed by atoms with E-state index in [0.29, 0.717) is 0 Å². The van der Waals surface area contributed by atoms with Crippen LogP contribution in [-0.2, 0) is 6.42 Å². The zero-order valence-electron chi connectivity index (χ0n) is 11.8. The van der Waals surface area contributed by atoms with E-state index in [1.54, 1.807) is 0 Å². The molecule has 0 spiro atoms. The second kappa shape index (κ2) is 4.48. The number of H-pyrrole nitrogens is 1. The molecule has 3 rings (SSSR count). The molecule has 0 atom stereocenters. The first-order valence-electron chi connectivity index (χ1n) is 6.67. The first kappa shape index (κ1) is 13.4. The topological polar surface area (TPSA) is 44.9 Å². The molecular weight excluding hydrogens is 316 g/mol. The van der Waals surface area contributed by atoms with E-state index in [-0.39, 0.29) is 11.4 Å². The van der Waals surface area contributed by atoms with Crippen molar-refractivity contribution in [3.05, 3.63) is 45.7 Å². The van der Waals surface area contributed by atoms with Gasteiger partial charge in [-0.15, -0.1) is 0 Å². The molecule has 0 fully saturated rings. The second-order valence-corrected chi connectivity index (χ2v) is 6.84. The molecule has 104 valence electrons. The number of aromatic amines is 1. The van der Waals surface area contributed by atoms with Crippen LogP contribution in [0.2, 0.25) is 0 Å². The third-order valence-electron chi connectivity index (χ3n) is 3.67. The number of carbonyl (C=O) groups excluding carboxylic acids is 1. The SMILES string of the molecule is Cc1ccc(-c2c(Br)[nH]c3c2C(=O)NC(C)(C)C3)cc1. The van der Waals surface area contributed by atoms with Gasteiger partial charge in [-0.2, -0.15) is 0 Å². The number of nitrogens with one attached hydrogen (secondary N) is 2. The van der Waals surface area contributed by atoms with Gasteiger partial charge in [-0.25, -0.2) is 0 Å². The number of benzene rings is 1. The molecule has 0 saturated carbocycles. The maximum Gasteiger partial charge on any atom is 0.254 e. The second-order valence-electron chi connectivity index (χ2n) is 6.05. The Balaban J connectivity index is 2.17. The van der Waals surface area contributed by atoms with Crippen LogP contribution in [0, 0.1) is 6.92 Å². The van der Waals surface area contributed by atoms with Crippen LogP contribution < -0.4 is 5.32 Å². The van der Waals surface area contributed by atoms with Gasteiger partial charge in [0.1, 0.15) is 0 Å². The summed E-state index contributed by atoms with van der Waals surface area (Å²) in [6.45, 7) is 6.13. The van der Waals surface area contributed by atoms with Gasteiger partial charge in [-0.1, -0.05) is 29.8 Å². The van der Waals surface area contributed by atoms with Crippen molar-refractivity contribution in [2.24, 2.45) is 0 Å². The predicted octanol–water partition coefficient (Wildman–Crippen LogP) is 3.82. The number of carbonyl (C=O) groups is 1. The molecule has 1 aromatic heterocycles. The van der Waals surface area contributed by atoms with Crippen molar-refractivity contribution in [3.8, 4) is 11.1 Å².